The van der Waals surface area contributed by atoms with Gasteiger partial charge in [-0.25, -0.2) is 14.6 Å². The first kappa shape index (κ1) is 26.4. The summed E-state index contributed by atoms with van der Waals surface area (Å²) in [5, 5.41) is 3.75. The second-order valence-electron chi connectivity index (χ2n) is 8.00. The highest BCUT2D eigenvalue weighted by Crippen LogP contribution is 2.29. The molecule has 1 amide bonds. The molecule has 2 aromatic heterocycles. The molecule has 0 atom stereocenters. The molecule has 0 unspecified atom stereocenters. The van der Waals surface area contributed by atoms with Gasteiger partial charge in [-0.3, -0.25) is 9.36 Å². The molecule has 1 aliphatic rings. The molecule has 0 saturated heterocycles. The lowest BCUT2D eigenvalue weighted by molar-refractivity contribution is -0.113. The molecule has 1 aliphatic carbocycles. The van der Waals surface area contributed by atoms with Crippen LogP contribution in [0.5, 0.6) is 0 Å². The molecule has 34 heavy (non-hydrogen) atoms. The topological polar surface area (TPSA) is 106 Å². The summed E-state index contributed by atoms with van der Waals surface area (Å²) < 4.78 is 6.85. The van der Waals surface area contributed by atoms with Crippen LogP contribution in [0.25, 0.3) is 0 Å². The Morgan fingerprint density at radius 3 is 2.62 bits per heavy atom. The first-order chi connectivity index (χ1) is 16.4. The quantitative estimate of drug-likeness (QED) is 0.281. The Labute approximate surface area is 208 Å². The third kappa shape index (κ3) is 6.45. The summed E-state index contributed by atoms with van der Waals surface area (Å²) in [5.74, 6) is -0.591. The number of hydrogen-bond acceptors (Lipinski definition) is 9. The Bertz CT molecular complexity index is 1080. The lowest BCUT2D eigenvalue weighted by atomic mass is 9.97. The van der Waals surface area contributed by atoms with Crippen LogP contribution in [0, 0.1) is 6.92 Å². The van der Waals surface area contributed by atoms with E-state index in [4.69, 9.17) is 4.74 Å². The van der Waals surface area contributed by atoms with Crippen molar-refractivity contribution in [2.45, 2.75) is 64.9 Å². The van der Waals surface area contributed by atoms with E-state index < -0.39 is 5.97 Å². The van der Waals surface area contributed by atoms with E-state index >= 15 is 0 Å². The van der Waals surface area contributed by atoms with E-state index in [1.165, 1.54) is 11.8 Å². The first-order valence-corrected chi connectivity index (χ1v) is 13.6. The van der Waals surface area contributed by atoms with Gasteiger partial charge in [0.1, 0.15) is 9.90 Å². The van der Waals surface area contributed by atoms with Gasteiger partial charge in [-0.1, -0.05) is 36.9 Å². The zero-order valence-corrected chi connectivity index (χ0v) is 21.9. The zero-order valence-electron chi connectivity index (χ0n) is 20.3. The van der Waals surface area contributed by atoms with Crippen molar-refractivity contribution in [3.63, 3.8) is 0 Å². The van der Waals surface area contributed by atoms with Gasteiger partial charge in [0, 0.05) is 24.3 Å². The molecular weight excluding hydrogens is 474 g/mol. The van der Waals surface area contributed by atoms with Gasteiger partial charge in [-0.2, -0.15) is 4.98 Å². The van der Waals surface area contributed by atoms with Gasteiger partial charge in [-0.15, -0.1) is 0 Å². The molecule has 0 saturated carbocycles. The highest BCUT2D eigenvalue weighted by atomic mass is 32.2. The molecule has 9 nitrogen and oxygen atoms in total. The van der Waals surface area contributed by atoms with Crippen molar-refractivity contribution in [1.82, 2.24) is 19.4 Å². The number of aromatic nitrogens is 3. The van der Waals surface area contributed by atoms with Gasteiger partial charge in [0.15, 0.2) is 5.13 Å². The smallest absolute Gasteiger partial charge is 0.350 e. The number of likely N-dealkylation sites (N-methyl/N-ethyl adjacent to an activating group) is 1. The highest BCUT2D eigenvalue weighted by molar-refractivity contribution is 8.00. The lowest BCUT2D eigenvalue weighted by Crippen LogP contribution is -2.35. The third-order valence-corrected chi connectivity index (χ3v) is 7.90. The lowest BCUT2D eigenvalue weighted by Gasteiger charge is -2.24. The van der Waals surface area contributed by atoms with Crippen LogP contribution in [0.2, 0.25) is 0 Å². The van der Waals surface area contributed by atoms with Gasteiger partial charge < -0.3 is 15.0 Å². The summed E-state index contributed by atoms with van der Waals surface area (Å²) in [6.45, 7) is 11.3. The van der Waals surface area contributed by atoms with Crippen molar-refractivity contribution in [2.24, 2.45) is 0 Å². The second kappa shape index (κ2) is 12.5. The van der Waals surface area contributed by atoms with E-state index in [-0.39, 0.29) is 24.0 Å². The summed E-state index contributed by atoms with van der Waals surface area (Å²) in [6, 6.07) is 0. The Balaban J connectivity index is 1.69. The second-order valence-corrected chi connectivity index (χ2v) is 9.96. The monoisotopic (exact) mass is 507 g/mol. The summed E-state index contributed by atoms with van der Waals surface area (Å²) in [7, 11) is 0. The number of aryl methyl sites for hydroxylation is 1. The average molecular weight is 508 g/mol. The van der Waals surface area contributed by atoms with Crippen molar-refractivity contribution in [3.8, 4) is 0 Å². The maximum atomic E-state index is 12.9. The molecule has 0 radical (unpaired) electrons. The normalized spacial score (nSPS) is 13.1. The van der Waals surface area contributed by atoms with E-state index in [0.29, 0.717) is 27.3 Å². The van der Waals surface area contributed by atoms with E-state index in [1.54, 1.807) is 13.8 Å². The number of ether oxygens (including phenoxy) is 1. The predicted molar refractivity (Wildman–Crippen MR) is 135 cm³/mol. The highest BCUT2D eigenvalue weighted by Gasteiger charge is 2.22. The van der Waals surface area contributed by atoms with Crippen LogP contribution in [-0.4, -0.2) is 63.3 Å². The number of nitrogens with one attached hydrogen (secondary N) is 1. The minimum atomic E-state index is -0.440. The van der Waals surface area contributed by atoms with Crippen LogP contribution >= 0.6 is 23.1 Å². The molecule has 186 valence electrons. The van der Waals surface area contributed by atoms with Crippen molar-refractivity contribution < 1.29 is 14.3 Å². The fourth-order valence-corrected chi connectivity index (χ4v) is 5.76. The number of amides is 1. The number of carbonyl (C=O) groups excluding carboxylic acids is 2. The molecule has 1 N–H and O–H groups in total. The Kier molecular flexibility index (Phi) is 9.66. The maximum Gasteiger partial charge on any atom is 0.350 e. The number of thiazole rings is 1. The SMILES string of the molecule is CCOC(=O)c1sc(NC(=O)CSc2nc(=O)n(CCN(CC)CC)c3c2CCCC3)nc1C. The largest absolute Gasteiger partial charge is 0.462 e. The fourth-order valence-electron chi connectivity index (χ4n) is 4.00. The minimum absolute atomic E-state index is 0.107. The fraction of sp³-hybridized carbons (Fsp3) is 0.609. The number of fused-ring (bicyclic) bond motifs is 1. The van der Waals surface area contributed by atoms with Crippen molar-refractivity contribution in [3.05, 3.63) is 32.3 Å². The summed E-state index contributed by atoms with van der Waals surface area (Å²) in [5.41, 5.74) is 2.44. The standard InChI is InChI=1S/C23H33N5O4S2/c1-5-27(6-2)12-13-28-17-11-9-8-10-16(17)20(26-23(28)31)33-14-18(29)25-22-24-15(4)19(34-22)21(30)32-7-3/h5-14H2,1-4H3,(H,24,25,29). The summed E-state index contributed by atoms with van der Waals surface area (Å²) >= 11 is 2.38. The number of nitrogens with zero attached hydrogens (tertiary/aromatic N) is 4. The average Bonchev–Trinajstić information content (AvgIpc) is 3.19. The molecule has 11 heteroatoms. The zero-order chi connectivity index (χ0) is 24.7. The van der Waals surface area contributed by atoms with E-state index in [2.05, 4.69) is 34.0 Å². The van der Waals surface area contributed by atoms with Crippen LogP contribution in [0.4, 0.5) is 5.13 Å². The molecule has 0 fully saturated rings. The Hall–Kier alpha value is -2.24. The molecule has 3 rings (SSSR count). The Morgan fingerprint density at radius 1 is 1.18 bits per heavy atom. The number of hydrogen-bond donors (Lipinski definition) is 1. The molecule has 0 bridgehead atoms. The summed E-state index contributed by atoms with van der Waals surface area (Å²) in [4.78, 5) is 48.7. The molecule has 0 aliphatic heterocycles. The van der Waals surface area contributed by atoms with Crippen LogP contribution < -0.4 is 11.0 Å². The molecular formula is C23H33N5O4S2. The van der Waals surface area contributed by atoms with Crippen LogP contribution in [-0.2, 0) is 28.9 Å². The molecule has 2 aromatic rings. The van der Waals surface area contributed by atoms with Crippen molar-refractivity contribution in [2.75, 3.05) is 37.3 Å². The predicted octanol–water partition coefficient (Wildman–Crippen LogP) is 3.14. The van der Waals surface area contributed by atoms with Crippen LogP contribution in [0.3, 0.4) is 0 Å². The Morgan fingerprint density at radius 2 is 1.91 bits per heavy atom. The van der Waals surface area contributed by atoms with E-state index in [0.717, 1.165) is 67.9 Å². The van der Waals surface area contributed by atoms with Gasteiger partial charge >= 0.3 is 11.7 Å². The van der Waals surface area contributed by atoms with Crippen LogP contribution in [0.1, 0.15) is 60.2 Å². The van der Waals surface area contributed by atoms with E-state index in [1.807, 2.05) is 4.57 Å². The summed E-state index contributed by atoms with van der Waals surface area (Å²) in [6.07, 6.45) is 3.84. The van der Waals surface area contributed by atoms with Crippen molar-refractivity contribution >= 4 is 40.1 Å². The van der Waals surface area contributed by atoms with Gasteiger partial charge in [0.25, 0.3) is 0 Å². The minimum Gasteiger partial charge on any atom is -0.462 e. The molecule has 2 heterocycles. The first-order valence-electron chi connectivity index (χ1n) is 11.8. The number of anilines is 1. The number of esters is 1. The van der Waals surface area contributed by atoms with Gasteiger partial charge in [-0.05, 0) is 52.6 Å². The van der Waals surface area contributed by atoms with Gasteiger partial charge in [0.2, 0.25) is 5.91 Å². The molecule has 0 aromatic carbocycles. The number of thioether (sulfide) groups is 1. The van der Waals surface area contributed by atoms with Gasteiger partial charge in [0.05, 0.1) is 18.1 Å². The number of rotatable bonds is 11. The molecule has 0 spiro atoms. The van der Waals surface area contributed by atoms with Crippen LogP contribution in [0.15, 0.2) is 9.82 Å². The van der Waals surface area contributed by atoms with Crippen molar-refractivity contribution in [1.29, 1.82) is 0 Å². The van der Waals surface area contributed by atoms with E-state index in [9.17, 15) is 14.4 Å². The maximum absolute atomic E-state index is 12.9. The third-order valence-electron chi connectivity index (χ3n) is 5.83. The number of carbonyl (C=O) groups is 2.